The van der Waals surface area contributed by atoms with E-state index >= 15 is 4.39 Å². The number of unbranched alkanes of at least 4 members (excludes halogenated alkanes) is 3. The van der Waals surface area contributed by atoms with Crippen molar-refractivity contribution in [2.24, 2.45) is 0 Å². The lowest BCUT2D eigenvalue weighted by molar-refractivity contribution is 0.643. The summed E-state index contributed by atoms with van der Waals surface area (Å²) in [6.45, 7) is 4.28. The molecule has 4 aromatic rings. The van der Waals surface area contributed by atoms with E-state index in [4.69, 9.17) is 0 Å². The van der Waals surface area contributed by atoms with Gasteiger partial charge < -0.3 is 0 Å². The number of benzene rings is 4. The van der Waals surface area contributed by atoms with Gasteiger partial charge in [0, 0.05) is 22.1 Å². The maximum atomic E-state index is 15.4. The Morgan fingerprint density at radius 2 is 1.42 bits per heavy atom. The van der Waals surface area contributed by atoms with E-state index in [1.54, 1.807) is 0 Å². The van der Waals surface area contributed by atoms with Crippen molar-refractivity contribution in [3.05, 3.63) is 119 Å². The molecule has 0 atom stereocenters. The minimum absolute atomic E-state index is 0.178. The van der Waals surface area contributed by atoms with Gasteiger partial charge in [0.05, 0.1) is 0 Å². The molecule has 0 bridgehead atoms. The van der Waals surface area contributed by atoms with Crippen molar-refractivity contribution in [1.82, 2.24) is 0 Å². The van der Waals surface area contributed by atoms with E-state index in [9.17, 15) is 0 Å². The Balaban J connectivity index is 1.47. The van der Waals surface area contributed by atoms with E-state index < -0.39 is 0 Å². The van der Waals surface area contributed by atoms with Crippen LogP contribution in [0.2, 0.25) is 0 Å². The summed E-state index contributed by atoms with van der Waals surface area (Å²) in [5.41, 5.74) is 6.07. The summed E-state index contributed by atoms with van der Waals surface area (Å²) in [7, 11) is 0. The molecular weight excluding hydrogens is 439 g/mol. The number of hydrogen-bond acceptors (Lipinski definition) is 0. The first kappa shape index (κ1) is 25.5. The van der Waals surface area contributed by atoms with Crippen LogP contribution in [0.25, 0.3) is 21.9 Å². The second-order valence-corrected chi connectivity index (χ2v) is 9.43. The van der Waals surface area contributed by atoms with Crippen LogP contribution in [0.15, 0.2) is 91.0 Å². The fourth-order valence-corrected chi connectivity index (χ4v) is 4.52. The normalized spacial score (nSPS) is 11.1. The minimum atomic E-state index is -0.178. The van der Waals surface area contributed by atoms with Crippen LogP contribution in [0, 0.1) is 17.7 Å². The molecule has 0 saturated carbocycles. The average Bonchev–Trinajstić information content (AvgIpc) is 2.91. The van der Waals surface area contributed by atoms with Gasteiger partial charge in [-0.25, -0.2) is 4.39 Å². The number of halogens is 1. The predicted octanol–water partition coefficient (Wildman–Crippen LogP) is 9.68. The highest BCUT2D eigenvalue weighted by atomic mass is 19.1. The van der Waals surface area contributed by atoms with Crippen LogP contribution in [-0.4, -0.2) is 0 Å². The van der Waals surface area contributed by atoms with E-state index in [-0.39, 0.29) is 5.82 Å². The minimum Gasteiger partial charge on any atom is -0.206 e. The summed E-state index contributed by atoms with van der Waals surface area (Å²) in [5, 5.41) is 1.50. The van der Waals surface area contributed by atoms with Gasteiger partial charge in [-0.05, 0) is 78.9 Å². The van der Waals surface area contributed by atoms with E-state index in [0.717, 1.165) is 41.3 Å². The third-order valence-corrected chi connectivity index (χ3v) is 6.68. The van der Waals surface area contributed by atoms with Crippen molar-refractivity contribution in [2.45, 2.75) is 58.8 Å². The first-order chi connectivity index (χ1) is 17.7. The molecule has 0 unspecified atom stereocenters. The number of rotatable bonds is 9. The van der Waals surface area contributed by atoms with Crippen molar-refractivity contribution in [2.75, 3.05) is 0 Å². The Labute approximate surface area is 215 Å². The molecule has 0 aromatic heterocycles. The first-order valence-corrected chi connectivity index (χ1v) is 13.2. The van der Waals surface area contributed by atoms with Crippen LogP contribution in [0.5, 0.6) is 0 Å². The SMILES string of the molecule is C/C=C/CCc1ccc(-c2ccc3cc(C#Cc4ccc(CCCCCC)cc4)ccc3c2F)cc1. The summed E-state index contributed by atoms with van der Waals surface area (Å²) >= 11 is 0. The van der Waals surface area contributed by atoms with Gasteiger partial charge in [-0.1, -0.05) is 105 Å². The highest BCUT2D eigenvalue weighted by Crippen LogP contribution is 2.30. The molecule has 0 heterocycles. The summed E-state index contributed by atoms with van der Waals surface area (Å²) in [6, 6.07) is 26.4. The molecule has 0 aliphatic rings. The van der Waals surface area contributed by atoms with Crippen LogP contribution >= 0.6 is 0 Å². The van der Waals surface area contributed by atoms with Crippen LogP contribution in [0.1, 0.15) is 68.2 Å². The summed E-state index contributed by atoms with van der Waals surface area (Å²) < 4.78 is 15.4. The largest absolute Gasteiger partial charge is 0.206 e. The zero-order valence-electron chi connectivity index (χ0n) is 21.5. The molecule has 182 valence electrons. The van der Waals surface area contributed by atoms with Gasteiger partial charge in [-0.2, -0.15) is 0 Å². The monoisotopic (exact) mass is 474 g/mol. The molecule has 1 heteroatoms. The Kier molecular flexibility index (Phi) is 9.12. The van der Waals surface area contributed by atoms with E-state index in [2.05, 4.69) is 67.3 Å². The van der Waals surface area contributed by atoms with Crippen LogP contribution in [-0.2, 0) is 12.8 Å². The molecule has 0 spiro atoms. The molecule has 0 radical (unpaired) electrons. The molecule has 0 aliphatic heterocycles. The van der Waals surface area contributed by atoms with Crippen molar-refractivity contribution < 1.29 is 4.39 Å². The first-order valence-electron chi connectivity index (χ1n) is 13.2. The van der Waals surface area contributed by atoms with Gasteiger partial charge in [-0.15, -0.1) is 0 Å². The quantitative estimate of drug-likeness (QED) is 0.129. The van der Waals surface area contributed by atoms with Gasteiger partial charge in [0.25, 0.3) is 0 Å². The molecule has 0 N–H and O–H groups in total. The molecular formula is C35H35F. The number of hydrogen-bond donors (Lipinski definition) is 0. The van der Waals surface area contributed by atoms with Gasteiger partial charge in [0.2, 0.25) is 0 Å². The zero-order valence-corrected chi connectivity index (χ0v) is 21.5. The third kappa shape index (κ3) is 6.73. The van der Waals surface area contributed by atoms with Crippen LogP contribution < -0.4 is 0 Å². The van der Waals surface area contributed by atoms with Gasteiger partial charge in [0.15, 0.2) is 0 Å². The second-order valence-electron chi connectivity index (χ2n) is 9.43. The summed E-state index contributed by atoms with van der Waals surface area (Å²) in [4.78, 5) is 0. The van der Waals surface area contributed by atoms with Crippen LogP contribution in [0.4, 0.5) is 4.39 Å². The molecule has 0 saturated heterocycles. The van der Waals surface area contributed by atoms with Gasteiger partial charge in [0.1, 0.15) is 5.82 Å². The fraction of sp³-hybridized carbons (Fsp3) is 0.257. The second kappa shape index (κ2) is 12.9. The highest BCUT2D eigenvalue weighted by Gasteiger charge is 2.10. The Morgan fingerprint density at radius 1 is 0.722 bits per heavy atom. The fourth-order valence-electron chi connectivity index (χ4n) is 4.52. The smallest absolute Gasteiger partial charge is 0.138 e. The topological polar surface area (TPSA) is 0 Å². The summed E-state index contributed by atoms with van der Waals surface area (Å²) in [6.07, 6.45) is 12.5. The van der Waals surface area contributed by atoms with Crippen LogP contribution in [0.3, 0.4) is 0 Å². The molecule has 0 nitrogen and oxygen atoms in total. The van der Waals surface area contributed by atoms with Gasteiger partial charge >= 0.3 is 0 Å². The Morgan fingerprint density at radius 3 is 2.17 bits per heavy atom. The molecule has 0 fully saturated rings. The van der Waals surface area contributed by atoms with E-state index in [1.165, 1.54) is 36.8 Å². The lowest BCUT2D eigenvalue weighted by Crippen LogP contribution is -1.89. The maximum Gasteiger partial charge on any atom is 0.138 e. The Hall–Kier alpha value is -3.63. The summed E-state index contributed by atoms with van der Waals surface area (Å²) in [5.74, 6) is 6.33. The standard InChI is InChI=1S/C35H35F/c1-3-5-7-9-11-27-12-14-29(15-13-27)16-17-30-20-24-34-32(26-30)23-25-33(35(34)36)31-21-18-28(19-22-31)10-8-6-4-2/h4,6,12-15,18-26H,3,5,7-11H2,1-2H3/b6-4+. The number of allylic oxidation sites excluding steroid dienone is 2. The molecule has 4 rings (SSSR count). The molecule has 36 heavy (non-hydrogen) atoms. The molecule has 4 aromatic carbocycles. The zero-order chi connectivity index (χ0) is 25.2. The maximum absolute atomic E-state index is 15.4. The van der Waals surface area contributed by atoms with E-state index in [1.807, 2.05) is 49.4 Å². The molecule has 0 aliphatic carbocycles. The Bertz CT molecular complexity index is 1360. The highest BCUT2D eigenvalue weighted by molar-refractivity contribution is 5.89. The van der Waals surface area contributed by atoms with Crippen molar-refractivity contribution in [3.8, 4) is 23.0 Å². The van der Waals surface area contributed by atoms with E-state index in [0.29, 0.717) is 10.9 Å². The third-order valence-electron chi connectivity index (χ3n) is 6.68. The lowest BCUT2D eigenvalue weighted by atomic mass is 9.97. The van der Waals surface area contributed by atoms with Crippen molar-refractivity contribution in [1.29, 1.82) is 0 Å². The number of fused-ring (bicyclic) bond motifs is 1. The van der Waals surface area contributed by atoms with Gasteiger partial charge in [-0.3, -0.25) is 0 Å². The lowest BCUT2D eigenvalue weighted by Gasteiger charge is -2.08. The average molecular weight is 475 g/mol. The molecule has 0 amide bonds. The predicted molar refractivity (Wildman–Crippen MR) is 153 cm³/mol. The van der Waals surface area contributed by atoms with Crippen molar-refractivity contribution >= 4 is 10.8 Å². The number of aryl methyl sites for hydroxylation is 2. The van der Waals surface area contributed by atoms with Crippen molar-refractivity contribution in [3.63, 3.8) is 0 Å².